The highest BCUT2D eigenvalue weighted by molar-refractivity contribution is 6.09. The molecule has 0 unspecified atom stereocenters. The summed E-state index contributed by atoms with van der Waals surface area (Å²) in [5.74, 6) is 0.0741. The summed E-state index contributed by atoms with van der Waals surface area (Å²) in [4.78, 5) is 0. The van der Waals surface area contributed by atoms with E-state index >= 15 is 0 Å². The first-order chi connectivity index (χ1) is 2.81. The predicted molar refractivity (Wildman–Crippen MR) is 30.2 cm³/mol. The van der Waals surface area contributed by atoms with Gasteiger partial charge in [0.2, 0.25) is 0 Å². The highest BCUT2D eigenvalue weighted by atomic mass is 28.1. The van der Waals surface area contributed by atoms with Crippen molar-refractivity contribution in [1.82, 2.24) is 0 Å². The lowest BCUT2D eigenvalue weighted by Crippen LogP contribution is -2.11. The molecule has 0 aliphatic carbocycles. The summed E-state index contributed by atoms with van der Waals surface area (Å²) in [6.07, 6.45) is 0. The lowest BCUT2D eigenvalue weighted by atomic mass is 11.3. The van der Waals surface area contributed by atoms with Gasteiger partial charge >= 0.3 is 0 Å². The third kappa shape index (κ3) is 6.07. The lowest BCUT2D eigenvalue weighted by molar-refractivity contribution is -0.0411. The highest BCUT2D eigenvalue weighted by Gasteiger charge is 1.87. The zero-order chi connectivity index (χ0) is 4.99. The van der Waals surface area contributed by atoms with Crippen molar-refractivity contribution in [3.63, 3.8) is 0 Å². The minimum atomic E-state index is 0. The number of hydrogen-bond acceptors (Lipinski definition) is 2. The smallest absolute Gasteiger partial charge is 0.130 e. The van der Waals surface area contributed by atoms with E-state index in [0.717, 1.165) is 10.2 Å². The summed E-state index contributed by atoms with van der Waals surface area (Å²) < 4.78 is 9.48. The summed E-state index contributed by atoms with van der Waals surface area (Å²) in [7, 11) is 4.23. The standard InChI is InChI=1S/C3H10O2Si.FH/c1-4-3(6)5-2;/h3H,1-2,6H3;1H. The molecule has 2 nitrogen and oxygen atoms in total. The van der Waals surface area contributed by atoms with Crippen LogP contribution in [0.2, 0.25) is 0 Å². The summed E-state index contributed by atoms with van der Waals surface area (Å²) >= 11 is 0. The largest absolute Gasteiger partial charge is 0.361 e. The van der Waals surface area contributed by atoms with Gasteiger partial charge in [0.05, 0.1) is 10.2 Å². The van der Waals surface area contributed by atoms with Gasteiger partial charge in [0.1, 0.15) is 5.91 Å². The van der Waals surface area contributed by atoms with Crippen molar-refractivity contribution < 1.29 is 14.2 Å². The molecule has 0 aromatic heterocycles. The molecule has 4 heteroatoms. The van der Waals surface area contributed by atoms with Crippen LogP contribution in [0, 0.1) is 0 Å². The van der Waals surface area contributed by atoms with E-state index in [1.54, 1.807) is 14.2 Å². The Morgan fingerprint density at radius 3 is 1.57 bits per heavy atom. The SMILES string of the molecule is COC([SiH3])OC.F. The molecule has 0 rings (SSSR count). The number of methoxy groups -OCH3 is 2. The molecule has 7 heavy (non-hydrogen) atoms. The zero-order valence-electron chi connectivity index (χ0n) is 4.80. The van der Waals surface area contributed by atoms with E-state index in [1.165, 1.54) is 0 Å². The predicted octanol–water partition coefficient (Wildman–Crippen LogP) is -0.919. The van der Waals surface area contributed by atoms with Gasteiger partial charge in [-0.15, -0.1) is 0 Å². The van der Waals surface area contributed by atoms with Crippen LogP contribution in [0.15, 0.2) is 0 Å². The van der Waals surface area contributed by atoms with Crippen LogP contribution in [-0.4, -0.2) is 30.4 Å². The average Bonchev–Trinajstić information content (AvgIpc) is 1.65. The van der Waals surface area contributed by atoms with Gasteiger partial charge in [-0.3, -0.25) is 4.70 Å². The molecule has 0 saturated heterocycles. The number of ether oxygens (including phenoxy) is 2. The second-order valence-corrected chi connectivity index (χ2v) is 1.98. The van der Waals surface area contributed by atoms with Crippen molar-refractivity contribution in [3.8, 4) is 0 Å². The van der Waals surface area contributed by atoms with E-state index < -0.39 is 0 Å². The molecule has 0 aliphatic heterocycles. The first-order valence-corrected chi connectivity index (χ1v) is 3.02. The Balaban J connectivity index is 0. The van der Waals surface area contributed by atoms with Crippen LogP contribution in [0.5, 0.6) is 0 Å². The van der Waals surface area contributed by atoms with E-state index in [2.05, 4.69) is 0 Å². The molecule has 0 atom stereocenters. The molecule has 0 bridgehead atoms. The van der Waals surface area contributed by atoms with Crippen LogP contribution in [-0.2, 0) is 9.47 Å². The van der Waals surface area contributed by atoms with Crippen LogP contribution in [0.1, 0.15) is 0 Å². The van der Waals surface area contributed by atoms with Gasteiger partial charge in [-0.1, -0.05) is 0 Å². The summed E-state index contributed by atoms with van der Waals surface area (Å²) in [6.45, 7) is 0. The van der Waals surface area contributed by atoms with Crippen LogP contribution >= 0.6 is 0 Å². The Morgan fingerprint density at radius 2 is 1.57 bits per heavy atom. The van der Waals surface area contributed by atoms with Crippen molar-refractivity contribution in [2.45, 2.75) is 5.91 Å². The fourth-order valence-electron chi connectivity index (χ4n) is 0.0962. The van der Waals surface area contributed by atoms with Gasteiger partial charge in [-0.2, -0.15) is 0 Å². The Morgan fingerprint density at radius 1 is 1.29 bits per heavy atom. The third-order valence-electron chi connectivity index (χ3n) is 0.664. The molecule has 0 spiro atoms. The topological polar surface area (TPSA) is 18.5 Å². The van der Waals surface area contributed by atoms with Crippen molar-refractivity contribution in [2.75, 3.05) is 14.2 Å². The first-order valence-electron chi connectivity index (χ1n) is 1.87. The van der Waals surface area contributed by atoms with Gasteiger partial charge in [0.15, 0.2) is 0 Å². The highest BCUT2D eigenvalue weighted by Crippen LogP contribution is 1.77. The lowest BCUT2D eigenvalue weighted by Gasteiger charge is -2.03. The molecule has 0 aromatic carbocycles. The van der Waals surface area contributed by atoms with Gasteiger partial charge in [0.25, 0.3) is 0 Å². The maximum absolute atomic E-state index is 4.74. The summed E-state index contributed by atoms with van der Waals surface area (Å²) in [6, 6.07) is 0. The normalized spacial score (nSPS) is 9.00. The average molecular weight is 126 g/mol. The Kier molecular flexibility index (Phi) is 8.78. The van der Waals surface area contributed by atoms with Crippen molar-refractivity contribution in [2.24, 2.45) is 0 Å². The van der Waals surface area contributed by atoms with Crippen LogP contribution in [0.4, 0.5) is 4.70 Å². The van der Waals surface area contributed by atoms with Crippen LogP contribution in [0.25, 0.3) is 0 Å². The molecule has 0 radical (unpaired) electrons. The van der Waals surface area contributed by atoms with E-state index in [4.69, 9.17) is 9.47 Å². The van der Waals surface area contributed by atoms with Crippen LogP contribution < -0.4 is 0 Å². The van der Waals surface area contributed by atoms with Crippen molar-refractivity contribution in [3.05, 3.63) is 0 Å². The van der Waals surface area contributed by atoms with E-state index in [1.807, 2.05) is 0 Å². The maximum Gasteiger partial charge on any atom is 0.130 e. The molecule has 0 heterocycles. The van der Waals surface area contributed by atoms with Gasteiger partial charge in [-0.05, 0) is 0 Å². The van der Waals surface area contributed by atoms with Crippen LogP contribution in [0.3, 0.4) is 0 Å². The molecular weight excluding hydrogens is 115 g/mol. The Bertz CT molecular complexity index is 32.1. The fraction of sp³-hybridized carbons (Fsp3) is 1.00. The van der Waals surface area contributed by atoms with E-state index in [-0.39, 0.29) is 10.6 Å². The Hall–Kier alpha value is 0.0669. The van der Waals surface area contributed by atoms with Gasteiger partial charge < -0.3 is 9.47 Å². The van der Waals surface area contributed by atoms with Crippen molar-refractivity contribution >= 4 is 10.2 Å². The maximum atomic E-state index is 4.74. The molecule has 0 fully saturated rings. The number of halogens is 1. The van der Waals surface area contributed by atoms with Crippen molar-refractivity contribution in [1.29, 1.82) is 0 Å². The van der Waals surface area contributed by atoms with E-state index in [0.29, 0.717) is 0 Å². The zero-order valence-corrected chi connectivity index (χ0v) is 6.80. The quantitative estimate of drug-likeness (QED) is 0.352. The first kappa shape index (κ1) is 10.1. The molecular formula is C3H11FO2Si. The monoisotopic (exact) mass is 126 g/mol. The fourth-order valence-corrected chi connectivity index (χ4v) is 0.0962. The molecule has 0 aliphatic rings. The van der Waals surface area contributed by atoms with Gasteiger partial charge in [0, 0.05) is 14.2 Å². The minimum absolute atomic E-state index is 0. The number of rotatable bonds is 2. The van der Waals surface area contributed by atoms with E-state index in [9.17, 15) is 0 Å². The third-order valence-corrected chi connectivity index (χ3v) is 1.61. The van der Waals surface area contributed by atoms with Gasteiger partial charge in [-0.25, -0.2) is 0 Å². The number of hydrogen-bond donors (Lipinski definition) is 0. The molecule has 0 N–H and O–H groups in total. The second kappa shape index (κ2) is 6.07. The summed E-state index contributed by atoms with van der Waals surface area (Å²) in [5.41, 5.74) is 0. The summed E-state index contributed by atoms with van der Waals surface area (Å²) in [5, 5.41) is 0. The molecule has 0 amide bonds. The molecule has 46 valence electrons. The molecule has 0 aromatic rings. The Labute approximate surface area is 45.6 Å². The minimum Gasteiger partial charge on any atom is -0.361 e. The molecule has 0 saturated carbocycles. The second-order valence-electron chi connectivity index (χ2n) is 1.04.